The number of amides is 1. The van der Waals surface area contributed by atoms with E-state index >= 15 is 0 Å². The average molecular weight is 581 g/mol. The van der Waals surface area contributed by atoms with Gasteiger partial charge in [-0.1, -0.05) is 25.4 Å². The molecule has 1 aliphatic heterocycles. The number of aromatic nitrogens is 3. The van der Waals surface area contributed by atoms with Gasteiger partial charge in [-0.05, 0) is 57.0 Å². The van der Waals surface area contributed by atoms with Crippen LogP contribution in [-0.2, 0) is 9.53 Å². The Morgan fingerprint density at radius 1 is 1.27 bits per heavy atom. The van der Waals surface area contributed by atoms with Crippen LogP contribution in [0.5, 0.6) is 0 Å². The summed E-state index contributed by atoms with van der Waals surface area (Å²) in [6, 6.07) is 8.19. The minimum absolute atomic E-state index is 0.142. The van der Waals surface area contributed by atoms with E-state index in [4.69, 9.17) is 22.1 Å². The van der Waals surface area contributed by atoms with Crippen LogP contribution in [0, 0.1) is 12.8 Å². The first kappa shape index (κ1) is 30.2. The fraction of sp³-hybridized carbons (Fsp3) is 0.400. The minimum atomic E-state index is -0.905. The summed E-state index contributed by atoms with van der Waals surface area (Å²) in [5.41, 5.74) is 9.23. The Bertz CT molecular complexity index is 1550. The zero-order chi connectivity index (χ0) is 29.9. The Hall–Kier alpha value is -3.73. The Morgan fingerprint density at radius 3 is 2.71 bits per heavy atom. The minimum Gasteiger partial charge on any atom is -0.480 e. The van der Waals surface area contributed by atoms with Crippen LogP contribution in [0.25, 0.3) is 21.8 Å². The summed E-state index contributed by atoms with van der Waals surface area (Å²) in [5, 5.41) is 15.3. The molecule has 1 saturated heterocycles. The van der Waals surface area contributed by atoms with Crippen LogP contribution in [0.1, 0.15) is 43.7 Å². The molecule has 10 nitrogen and oxygen atoms in total. The molecule has 218 valence electrons. The highest BCUT2D eigenvalue weighted by Gasteiger charge is 2.39. The van der Waals surface area contributed by atoms with Gasteiger partial charge in [-0.25, -0.2) is 0 Å². The van der Waals surface area contributed by atoms with Crippen LogP contribution in [0.2, 0.25) is 5.02 Å². The van der Waals surface area contributed by atoms with Crippen LogP contribution in [-0.4, -0.2) is 74.2 Å². The second kappa shape index (κ2) is 12.4. The molecule has 1 amide bonds. The average Bonchev–Trinajstić information content (AvgIpc) is 3.27. The number of aliphatic carboxylic acids is 1. The highest BCUT2D eigenvalue weighted by molar-refractivity contribution is 6.32. The summed E-state index contributed by atoms with van der Waals surface area (Å²) < 4.78 is 5.66. The van der Waals surface area contributed by atoms with Gasteiger partial charge in [0, 0.05) is 53.0 Å². The molecule has 4 heterocycles. The lowest BCUT2D eigenvalue weighted by Crippen LogP contribution is -2.60. The van der Waals surface area contributed by atoms with Crippen LogP contribution in [0.3, 0.4) is 0 Å². The van der Waals surface area contributed by atoms with E-state index in [0.717, 1.165) is 21.8 Å². The number of aryl methyl sites for hydroxylation is 1. The topological polar surface area (TPSA) is 146 Å². The number of carbonyl (C=O) groups is 2. The first-order valence-corrected chi connectivity index (χ1v) is 13.9. The van der Waals surface area contributed by atoms with E-state index in [1.807, 2.05) is 44.7 Å². The number of rotatable bonds is 6. The molecular formula is C30H37ClN6O4. The van der Waals surface area contributed by atoms with Crippen molar-refractivity contribution in [3.05, 3.63) is 65.2 Å². The number of benzene rings is 1. The number of ether oxygens (including phenoxy) is 1. The Morgan fingerprint density at radius 2 is 2.02 bits per heavy atom. The molecule has 2 atom stereocenters. The fourth-order valence-corrected chi connectivity index (χ4v) is 5.19. The van der Waals surface area contributed by atoms with Gasteiger partial charge in [0.25, 0.3) is 5.91 Å². The smallest absolute Gasteiger partial charge is 0.323 e. The number of hydrogen-bond acceptors (Lipinski definition) is 7. The van der Waals surface area contributed by atoms with Gasteiger partial charge in [-0.15, -0.1) is 0 Å². The van der Waals surface area contributed by atoms with Gasteiger partial charge in [-0.3, -0.25) is 24.5 Å². The summed E-state index contributed by atoms with van der Waals surface area (Å²) >= 11 is 5.97. The third-order valence-electron chi connectivity index (χ3n) is 7.25. The zero-order valence-corrected chi connectivity index (χ0v) is 24.7. The van der Waals surface area contributed by atoms with E-state index < -0.39 is 17.6 Å². The number of carboxylic acids is 1. The molecule has 2 unspecified atom stereocenters. The largest absolute Gasteiger partial charge is 0.480 e. The van der Waals surface area contributed by atoms with E-state index in [1.165, 1.54) is 0 Å². The number of morpholine rings is 1. The number of nitrogens with zero attached hydrogens (tertiary/aromatic N) is 3. The maximum absolute atomic E-state index is 12.7. The highest BCUT2D eigenvalue weighted by Crippen LogP contribution is 2.31. The number of H-pyrrole nitrogens is 1. The van der Waals surface area contributed by atoms with Crippen molar-refractivity contribution >= 4 is 51.0 Å². The van der Waals surface area contributed by atoms with E-state index in [1.54, 1.807) is 43.7 Å². The molecule has 0 saturated carbocycles. The number of carbonyl (C=O) groups excluding carboxylic acids is 1. The van der Waals surface area contributed by atoms with Gasteiger partial charge < -0.3 is 25.9 Å². The van der Waals surface area contributed by atoms with Crippen molar-refractivity contribution in [3.8, 4) is 0 Å². The molecule has 0 spiro atoms. The predicted octanol–water partition coefficient (Wildman–Crippen LogP) is 4.66. The van der Waals surface area contributed by atoms with Crippen molar-refractivity contribution in [1.29, 1.82) is 0 Å². The number of hydrogen-bond donors (Lipinski definition) is 4. The van der Waals surface area contributed by atoms with Gasteiger partial charge in [0.1, 0.15) is 6.04 Å². The zero-order valence-electron chi connectivity index (χ0n) is 23.9. The monoisotopic (exact) mass is 580 g/mol. The number of aromatic amines is 1. The van der Waals surface area contributed by atoms with Crippen LogP contribution < -0.4 is 11.1 Å². The SMILES string of the molecule is Cc1ncccc1C(=O)NC(CN1CC(C)(C)OCC1C(=O)O)C(C)C.Nc1cc(Cl)cc2c1[nH]c1cnccc12. The van der Waals surface area contributed by atoms with E-state index in [2.05, 4.69) is 20.3 Å². The lowest BCUT2D eigenvalue weighted by atomic mass is 9.98. The third kappa shape index (κ3) is 7.13. The van der Waals surface area contributed by atoms with Gasteiger partial charge >= 0.3 is 5.97 Å². The number of nitrogen functional groups attached to an aromatic ring is 1. The molecule has 5 N–H and O–H groups in total. The summed E-state index contributed by atoms with van der Waals surface area (Å²) in [7, 11) is 0. The second-order valence-electron chi connectivity index (χ2n) is 11.3. The highest BCUT2D eigenvalue weighted by atomic mass is 35.5. The van der Waals surface area contributed by atoms with Crippen molar-refractivity contribution in [2.45, 2.75) is 52.3 Å². The standard InChI is InChI=1S/C19H29N3O4.C11H8ClN3/c1-12(2)15(21-17(23)14-7-6-8-20-13(14)3)9-22-11-19(4,5)26-10-16(22)18(24)25;12-6-3-8-7-1-2-14-5-10(7)15-11(8)9(13)4-6/h6-8,12,15-16H,9-11H2,1-5H3,(H,21,23)(H,24,25);1-5,15H,13H2. The van der Waals surface area contributed by atoms with E-state index in [9.17, 15) is 14.7 Å². The van der Waals surface area contributed by atoms with Crippen molar-refractivity contribution < 1.29 is 19.4 Å². The van der Waals surface area contributed by atoms with Gasteiger partial charge in [0.2, 0.25) is 0 Å². The number of fused-ring (bicyclic) bond motifs is 3. The van der Waals surface area contributed by atoms with Gasteiger partial charge in [0.15, 0.2) is 0 Å². The molecule has 1 fully saturated rings. The molecule has 41 heavy (non-hydrogen) atoms. The Balaban J connectivity index is 0.000000216. The van der Waals surface area contributed by atoms with Crippen molar-refractivity contribution in [2.75, 3.05) is 25.4 Å². The summed E-state index contributed by atoms with van der Waals surface area (Å²) in [6.07, 6.45) is 5.19. The van der Waals surface area contributed by atoms with E-state index in [-0.39, 0.29) is 24.5 Å². The number of halogens is 1. The quantitative estimate of drug-likeness (QED) is 0.241. The molecular weight excluding hydrogens is 544 g/mol. The molecule has 11 heteroatoms. The molecule has 5 rings (SSSR count). The summed E-state index contributed by atoms with van der Waals surface area (Å²) in [6.45, 7) is 10.8. The van der Waals surface area contributed by atoms with Crippen molar-refractivity contribution in [3.63, 3.8) is 0 Å². The Kier molecular flexibility index (Phi) is 9.16. The summed E-state index contributed by atoms with van der Waals surface area (Å²) in [5.74, 6) is -0.942. The van der Waals surface area contributed by atoms with Gasteiger partial charge in [-0.2, -0.15) is 0 Å². The second-order valence-corrected chi connectivity index (χ2v) is 11.7. The molecule has 0 radical (unpaired) electrons. The molecule has 1 aliphatic rings. The molecule has 1 aromatic carbocycles. The van der Waals surface area contributed by atoms with Gasteiger partial charge in [0.05, 0.1) is 40.7 Å². The first-order chi connectivity index (χ1) is 19.4. The fourth-order valence-electron chi connectivity index (χ4n) is 4.96. The molecule has 3 aromatic heterocycles. The van der Waals surface area contributed by atoms with E-state index in [0.29, 0.717) is 35.1 Å². The first-order valence-electron chi connectivity index (χ1n) is 13.5. The molecule has 0 aliphatic carbocycles. The Labute approximate surface area is 244 Å². The number of carboxylic acid groups (broad SMARTS) is 1. The lowest BCUT2D eigenvalue weighted by molar-refractivity contribution is -0.163. The maximum Gasteiger partial charge on any atom is 0.323 e. The third-order valence-corrected chi connectivity index (χ3v) is 7.47. The molecule has 0 bridgehead atoms. The van der Waals surface area contributed by atoms with Crippen LogP contribution >= 0.6 is 11.6 Å². The van der Waals surface area contributed by atoms with Crippen LogP contribution in [0.15, 0.2) is 48.9 Å². The predicted molar refractivity (Wildman–Crippen MR) is 161 cm³/mol. The number of nitrogens with two attached hydrogens (primary N) is 1. The lowest BCUT2D eigenvalue weighted by Gasteiger charge is -2.43. The van der Waals surface area contributed by atoms with Crippen molar-refractivity contribution in [2.24, 2.45) is 5.92 Å². The summed E-state index contributed by atoms with van der Waals surface area (Å²) in [4.78, 5) is 37.6. The molecule has 4 aromatic rings. The van der Waals surface area contributed by atoms with Crippen molar-refractivity contribution in [1.82, 2.24) is 25.2 Å². The number of nitrogens with one attached hydrogen (secondary N) is 2. The van der Waals surface area contributed by atoms with Crippen LogP contribution in [0.4, 0.5) is 5.69 Å². The number of pyridine rings is 2. The maximum atomic E-state index is 12.7. The normalized spacial score (nSPS) is 17.7. The number of anilines is 1.